The minimum absolute atomic E-state index is 0.0132. The van der Waals surface area contributed by atoms with Crippen LogP contribution in [0.1, 0.15) is 25.7 Å². The maximum atomic E-state index is 12.8. The van der Waals surface area contributed by atoms with Gasteiger partial charge in [-0.25, -0.2) is 0 Å². The van der Waals surface area contributed by atoms with Crippen LogP contribution in [0.3, 0.4) is 0 Å². The van der Waals surface area contributed by atoms with Crippen LogP contribution in [0, 0.1) is 0 Å². The van der Waals surface area contributed by atoms with Gasteiger partial charge >= 0.3 is 0 Å². The summed E-state index contributed by atoms with van der Waals surface area (Å²) in [4.78, 5) is 28.7. The van der Waals surface area contributed by atoms with E-state index in [2.05, 4.69) is 0 Å². The minimum atomic E-state index is -0.374. The highest BCUT2D eigenvalue weighted by molar-refractivity contribution is 6.03. The molecule has 0 saturated carbocycles. The lowest BCUT2D eigenvalue weighted by Crippen LogP contribution is -2.46. The molecule has 0 aromatic heterocycles. The number of anilines is 1. The first-order chi connectivity index (χ1) is 12.7. The van der Waals surface area contributed by atoms with Gasteiger partial charge in [-0.2, -0.15) is 0 Å². The van der Waals surface area contributed by atoms with Crippen LogP contribution >= 0.6 is 0 Å². The Morgan fingerprint density at radius 3 is 2.27 bits per heavy atom. The van der Waals surface area contributed by atoms with E-state index in [9.17, 15) is 9.59 Å². The summed E-state index contributed by atoms with van der Waals surface area (Å²) in [6.45, 7) is 1.61. The van der Waals surface area contributed by atoms with Gasteiger partial charge in [-0.05, 0) is 55.7 Å². The summed E-state index contributed by atoms with van der Waals surface area (Å²) in [5.74, 6) is 1.56. The number of nitrogens with zero attached hydrogens (tertiary/aromatic N) is 2. The highest BCUT2D eigenvalue weighted by Gasteiger charge is 2.39. The Kier molecular flexibility index (Phi) is 4.61. The Labute approximate surface area is 153 Å². The van der Waals surface area contributed by atoms with E-state index in [4.69, 9.17) is 4.74 Å². The molecule has 0 spiro atoms. The van der Waals surface area contributed by atoms with Gasteiger partial charge < -0.3 is 9.64 Å². The average molecular weight is 350 g/mol. The van der Waals surface area contributed by atoms with Crippen molar-refractivity contribution in [3.05, 3.63) is 54.6 Å². The maximum absolute atomic E-state index is 12.8. The molecule has 5 nitrogen and oxygen atoms in total. The van der Waals surface area contributed by atoms with E-state index in [1.54, 1.807) is 4.90 Å². The Hall–Kier alpha value is -2.82. The van der Waals surface area contributed by atoms with Crippen molar-refractivity contribution in [2.45, 2.75) is 31.7 Å². The minimum Gasteiger partial charge on any atom is -0.457 e. The zero-order valence-corrected chi connectivity index (χ0v) is 14.6. The van der Waals surface area contributed by atoms with E-state index >= 15 is 0 Å². The molecule has 134 valence electrons. The Bertz CT molecular complexity index is 783. The number of carbonyl (C=O) groups excluding carboxylic acids is 2. The number of para-hydroxylation sites is 1. The van der Waals surface area contributed by atoms with Crippen molar-refractivity contribution in [1.29, 1.82) is 0 Å². The van der Waals surface area contributed by atoms with Gasteiger partial charge in [0.2, 0.25) is 11.8 Å². The summed E-state index contributed by atoms with van der Waals surface area (Å²) in [6, 6.07) is 16.6. The number of likely N-dealkylation sites (tertiary alicyclic amines) is 1. The fourth-order valence-electron chi connectivity index (χ4n) is 3.69. The van der Waals surface area contributed by atoms with Gasteiger partial charge in [0, 0.05) is 25.2 Å². The van der Waals surface area contributed by atoms with Gasteiger partial charge in [0.15, 0.2) is 0 Å². The summed E-state index contributed by atoms with van der Waals surface area (Å²) in [5, 5.41) is 0. The molecule has 2 aromatic rings. The number of rotatable bonds is 4. The van der Waals surface area contributed by atoms with Gasteiger partial charge in [0.05, 0.1) is 0 Å². The lowest BCUT2D eigenvalue weighted by atomic mass is 10.1. The lowest BCUT2D eigenvalue weighted by molar-refractivity contribution is -0.132. The molecular weight excluding hydrogens is 328 g/mol. The molecule has 0 radical (unpaired) electrons. The number of benzene rings is 2. The quantitative estimate of drug-likeness (QED) is 0.847. The SMILES string of the molecule is O=C(C1CCC(=O)N1c1ccc(Oc2ccccc2)cc1)N1CCCC1. The Balaban J connectivity index is 1.51. The van der Waals surface area contributed by atoms with Crippen molar-refractivity contribution < 1.29 is 14.3 Å². The summed E-state index contributed by atoms with van der Waals surface area (Å²) in [5.41, 5.74) is 0.755. The van der Waals surface area contributed by atoms with Crippen molar-refractivity contribution in [3.63, 3.8) is 0 Å². The zero-order valence-electron chi connectivity index (χ0n) is 14.6. The lowest BCUT2D eigenvalue weighted by Gasteiger charge is -2.28. The van der Waals surface area contributed by atoms with E-state index in [0.717, 1.165) is 37.4 Å². The van der Waals surface area contributed by atoms with E-state index in [-0.39, 0.29) is 17.9 Å². The topological polar surface area (TPSA) is 49.9 Å². The number of ether oxygens (including phenoxy) is 1. The molecule has 2 aromatic carbocycles. The third-order valence-corrected chi connectivity index (χ3v) is 5.01. The van der Waals surface area contributed by atoms with Crippen molar-refractivity contribution >= 4 is 17.5 Å². The number of carbonyl (C=O) groups is 2. The Morgan fingerprint density at radius 2 is 1.58 bits per heavy atom. The molecule has 2 heterocycles. The summed E-state index contributed by atoms with van der Waals surface area (Å²) >= 11 is 0. The summed E-state index contributed by atoms with van der Waals surface area (Å²) < 4.78 is 5.80. The summed E-state index contributed by atoms with van der Waals surface area (Å²) in [6.07, 6.45) is 3.12. The van der Waals surface area contributed by atoms with Crippen molar-refractivity contribution in [3.8, 4) is 11.5 Å². The largest absolute Gasteiger partial charge is 0.457 e. The van der Waals surface area contributed by atoms with E-state index in [1.165, 1.54) is 0 Å². The molecule has 0 aliphatic carbocycles. The summed E-state index contributed by atoms with van der Waals surface area (Å²) in [7, 11) is 0. The normalized spacial score (nSPS) is 19.8. The highest BCUT2D eigenvalue weighted by Crippen LogP contribution is 2.31. The number of hydrogen-bond donors (Lipinski definition) is 0. The molecule has 1 unspecified atom stereocenters. The second-order valence-corrected chi connectivity index (χ2v) is 6.76. The fourth-order valence-corrected chi connectivity index (χ4v) is 3.69. The fraction of sp³-hybridized carbons (Fsp3) is 0.333. The van der Waals surface area contributed by atoms with Gasteiger partial charge in [-0.3, -0.25) is 14.5 Å². The van der Waals surface area contributed by atoms with Gasteiger partial charge in [0.1, 0.15) is 17.5 Å². The van der Waals surface area contributed by atoms with Gasteiger partial charge in [-0.1, -0.05) is 18.2 Å². The standard InChI is InChI=1S/C21H22N2O3/c24-20-13-12-19(21(25)22-14-4-5-15-22)23(20)16-8-10-18(11-9-16)26-17-6-2-1-3-7-17/h1-3,6-11,19H,4-5,12-15H2. The molecule has 4 rings (SSSR count). The molecule has 5 heteroatoms. The van der Waals surface area contributed by atoms with Crippen LogP contribution in [0.4, 0.5) is 5.69 Å². The predicted octanol–water partition coefficient (Wildman–Crippen LogP) is 3.60. The number of hydrogen-bond acceptors (Lipinski definition) is 3. The van der Waals surface area contributed by atoms with Crippen molar-refractivity contribution in [2.24, 2.45) is 0 Å². The van der Waals surface area contributed by atoms with Crippen molar-refractivity contribution in [2.75, 3.05) is 18.0 Å². The molecule has 0 bridgehead atoms. The van der Waals surface area contributed by atoms with Crippen LogP contribution in [0.5, 0.6) is 11.5 Å². The van der Waals surface area contributed by atoms with Gasteiger partial charge in [0.25, 0.3) is 0 Å². The average Bonchev–Trinajstić information content (AvgIpc) is 3.33. The molecule has 2 aliphatic heterocycles. The second-order valence-electron chi connectivity index (χ2n) is 6.76. The first-order valence-corrected chi connectivity index (χ1v) is 9.16. The molecule has 2 fully saturated rings. The van der Waals surface area contributed by atoms with E-state index in [1.807, 2.05) is 59.5 Å². The third-order valence-electron chi connectivity index (χ3n) is 5.01. The predicted molar refractivity (Wildman–Crippen MR) is 99.3 cm³/mol. The molecular formula is C21H22N2O3. The maximum Gasteiger partial charge on any atom is 0.245 e. The Morgan fingerprint density at radius 1 is 0.923 bits per heavy atom. The van der Waals surface area contributed by atoms with Crippen LogP contribution in [-0.4, -0.2) is 35.8 Å². The molecule has 0 N–H and O–H groups in total. The van der Waals surface area contributed by atoms with Crippen LogP contribution < -0.4 is 9.64 Å². The molecule has 2 amide bonds. The van der Waals surface area contributed by atoms with Crippen LogP contribution in [0.2, 0.25) is 0 Å². The second kappa shape index (κ2) is 7.20. The highest BCUT2D eigenvalue weighted by atomic mass is 16.5. The molecule has 1 atom stereocenters. The molecule has 2 aliphatic rings. The van der Waals surface area contributed by atoms with E-state index < -0.39 is 0 Å². The smallest absolute Gasteiger partial charge is 0.245 e. The zero-order chi connectivity index (χ0) is 17.9. The van der Waals surface area contributed by atoms with Crippen LogP contribution in [0.25, 0.3) is 0 Å². The van der Waals surface area contributed by atoms with Crippen LogP contribution in [-0.2, 0) is 9.59 Å². The molecule has 26 heavy (non-hydrogen) atoms. The van der Waals surface area contributed by atoms with Crippen molar-refractivity contribution in [1.82, 2.24) is 4.90 Å². The van der Waals surface area contributed by atoms with Crippen LogP contribution in [0.15, 0.2) is 54.6 Å². The van der Waals surface area contributed by atoms with E-state index in [0.29, 0.717) is 18.6 Å². The first kappa shape index (κ1) is 16.6. The number of amides is 2. The first-order valence-electron chi connectivity index (χ1n) is 9.16. The third kappa shape index (κ3) is 3.29. The monoisotopic (exact) mass is 350 g/mol. The molecule has 2 saturated heterocycles. The van der Waals surface area contributed by atoms with Gasteiger partial charge in [-0.15, -0.1) is 0 Å².